The maximum absolute atomic E-state index is 4.50. The van der Waals surface area contributed by atoms with Crippen molar-refractivity contribution in [1.82, 2.24) is 29.1 Å². The van der Waals surface area contributed by atoms with Crippen molar-refractivity contribution in [3.63, 3.8) is 0 Å². The summed E-state index contributed by atoms with van der Waals surface area (Å²) in [4.78, 5) is 6.59. The molecule has 1 fully saturated rings. The van der Waals surface area contributed by atoms with Gasteiger partial charge < -0.3 is 5.32 Å². The zero-order chi connectivity index (χ0) is 14.1. The van der Waals surface area contributed by atoms with Gasteiger partial charge in [-0.2, -0.15) is 0 Å². The average molecular weight is 301 g/mol. The van der Waals surface area contributed by atoms with Crippen LogP contribution in [0.2, 0.25) is 0 Å². The molecular weight excluding hydrogens is 286 g/mol. The van der Waals surface area contributed by atoms with E-state index in [-0.39, 0.29) is 0 Å². The fourth-order valence-electron chi connectivity index (χ4n) is 2.68. The fraction of sp³-hybridized carbons (Fsp3) is 0.385. The van der Waals surface area contributed by atoms with E-state index in [1.165, 1.54) is 11.5 Å². The van der Waals surface area contributed by atoms with E-state index in [0.717, 1.165) is 43.2 Å². The van der Waals surface area contributed by atoms with Crippen LogP contribution < -0.4 is 5.32 Å². The molecule has 1 unspecified atom stereocenters. The van der Waals surface area contributed by atoms with Gasteiger partial charge in [-0.05, 0) is 30.1 Å². The standard InChI is InChI=1S/C13H15N7S/c1-2-13-14-4-6-20(13)17-12(1)15-10-3-5-19(7-10)8-11-9-21-18-16-11/h1-2,4,6,9-10H,3,5,7-8H2,(H,15,17). The highest BCUT2D eigenvalue weighted by atomic mass is 32.1. The molecule has 0 spiro atoms. The van der Waals surface area contributed by atoms with Crippen molar-refractivity contribution in [1.29, 1.82) is 0 Å². The number of aromatic nitrogens is 5. The molecule has 4 heterocycles. The molecule has 0 aromatic carbocycles. The molecule has 1 aliphatic heterocycles. The number of fused-ring (bicyclic) bond motifs is 1. The minimum absolute atomic E-state index is 0.421. The molecule has 21 heavy (non-hydrogen) atoms. The quantitative estimate of drug-likeness (QED) is 0.782. The third-order valence-electron chi connectivity index (χ3n) is 3.67. The lowest BCUT2D eigenvalue weighted by atomic mass is 10.2. The van der Waals surface area contributed by atoms with Gasteiger partial charge in [-0.15, -0.1) is 10.2 Å². The molecule has 1 atom stereocenters. The number of hydrogen-bond donors (Lipinski definition) is 1. The SMILES string of the molecule is c1cn2nc(NC3CCN(Cc4csnn4)C3)ccc2n1. The lowest BCUT2D eigenvalue weighted by Crippen LogP contribution is -2.26. The zero-order valence-corrected chi connectivity index (χ0v) is 12.2. The summed E-state index contributed by atoms with van der Waals surface area (Å²) in [5, 5.41) is 14.1. The number of likely N-dealkylation sites (tertiary alicyclic amines) is 1. The van der Waals surface area contributed by atoms with Crippen LogP contribution in [-0.2, 0) is 6.54 Å². The Bertz CT molecular complexity index is 723. The summed E-state index contributed by atoms with van der Waals surface area (Å²) in [6, 6.07) is 4.38. The Hall–Kier alpha value is -2.06. The zero-order valence-electron chi connectivity index (χ0n) is 11.4. The third kappa shape index (κ3) is 2.72. The second kappa shape index (κ2) is 5.38. The summed E-state index contributed by atoms with van der Waals surface area (Å²) >= 11 is 1.41. The van der Waals surface area contributed by atoms with E-state index in [2.05, 4.69) is 29.9 Å². The molecule has 1 aliphatic rings. The largest absolute Gasteiger partial charge is 0.365 e. The predicted molar refractivity (Wildman–Crippen MR) is 80.2 cm³/mol. The molecule has 0 aliphatic carbocycles. The summed E-state index contributed by atoms with van der Waals surface area (Å²) in [5.41, 5.74) is 1.92. The second-order valence-corrected chi connectivity index (χ2v) is 5.82. The lowest BCUT2D eigenvalue weighted by Gasteiger charge is -2.15. The molecule has 3 aromatic rings. The Morgan fingerprint density at radius 2 is 2.38 bits per heavy atom. The van der Waals surface area contributed by atoms with Crippen molar-refractivity contribution < 1.29 is 0 Å². The van der Waals surface area contributed by atoms with E-state index in [1.54, 1.807) is 10.7 Å². The minimum Gasteiger partial charge on any atom is -0.365 e. The van der Waals surface area contributed by atoms with Crippen LogP contribution in [0.25, 0.3) is 5.65 Å². The van der Waals surface area contributed by atoms with Crippen molar-refractivity contribution in [3.8, 4) is 0 Å². The maximum Gasteiger partial charge on any atom is 0.153 e. The van der Waals surface area contributed by atoms with Gasteiger partial charge in [-0.3, -0.25) is 4.90 Å². The van der Waals surface area contributed by atoms with Gasteiger partial charge in [0, 0.05) is 43.4 Å². The molecular formula is C13H15N7S. The first-order valence-electron chi connectivity index (χ1n) is 6.92. The Morgan fingerprint density at radius 1 is 1.38 bits per heavy atom. The van der Waals surface area contributed by atoms with Crippen LogP contribution in [0.3, 0.4) is 0 Å². The van der Waals surface area contributed by atoms with E-state index >= 15 is 0 Å². The van der Waals surface area contributed by atoms with Crippen LogP contribution in [0, 0.1) is 0 Å². The normalized spacial score (nSPS) is 19.3. The number of anilines is 1. The lowest BCUT2D eigenvalue weighted by molar-refractivity contribution is 0.324. The van der Waals surface area contributed by atoms with E-state index in [1.807, 2.05) is 23.7 Å². The van der Waals surface area contributed by atoms with Crippen molar-refractivity contribution >= 4 is 23.0 Å². The highest BCUT2D eigenvalue weighted by molar-refractivity contribution is 7.03. The van der Waals surface area contributed by atoms with E-state index in [0.29, 0.717) is 6.04 Å². The Labute approximate surface area is 125 Å². The highest BCUT2D eigenvalue weighted by Crippen LogP contribution is 2.16. The van der Waals surface area contributed by atoms with Crippen LogP contribution in [0.1, 0.15) is 12.1 Å². The van der Waals surface area contributed by atoms with Gasteiger partial charge in [0.25, 0.3) is 0 Å². The number of hydrogen-bond acceptors (Lipinski definition) is 7. The maximum atomic E-state index is 4.50. The van der Waals surface area contributed by atoms with Crippen molar-refractivity contribution in [2.45, 2.75) is 19.0 Å². The molecule has 0 radical (unpaired) electrons. The third-order valence-corrected chi connectivity index (χ3v) is 4.22. The predicted octanol–water partition coefficient (Wildman–Crippen LogP) is 1.27. The van der Waals surface area contributed by atoms with Crippen molar-refractivity contribution in [2.24, 2.45) is 0 Å². The smallest absolute Gasteiger partial charge is 0.153 e. The van der Waals surface area contributed by atoms with Crippen molar-refractivity contribution in [3.05, 3.63) is 35.6 Å². The van der Waals surface area contributed by atoms with Crippen LogP contribution in [-0.4, -0.2) is 48.2 Å². The first-order chi connectivity index (χ1) is 10.4. The molecule has 1 N–H and O–H groups in total. The summed E-state index contributed by atoms with van der Waals surface area (Å²) in [5.74, 6) is 0.891. The van der Waals surface area contributed by atoms with E-state index in [4.69, 9.17) is 0 Å². The topological polar surface area (TPSA) is 71.2 Å². The number of imidazole rings is 1. The summed E-state index contributed by atoms with van der Waals surface area (Å²) in [6.45, 7) is 2.95. The molecule has 7 nitrogen and oxygen atoms in total. The van der Waals surface area contributed by atoms with E-state index < -0.39 is 0 Å². The van der Waals surface area contributed by atoms with Crippen LogP contribution in [0.4, 0.5) is 5.82 Å². The molecule has 0 amide bonds. The van der Waals surface area contributed by atoms with Gasteiger partial charge in [0.1, 0.15) is 5.82 Å². The Balaban J connectivity index is 1.39. The first kappa shape index (κ1) is 12.7. The molecule has 0 bridgehead atoms. The molecule has 4 rings (SSSR count). The van der Waals surface area contributed by atoms with Gasteiger partial charge in [-0.1, -0.05) is 4.49 Å². The van der Waals surface area contributed by atoms with Crippen LogP contribution >= 0.6 is 11.5 Å². The second-order valence-electron chi connectivity index (χ2n) is 5.21. The Kier molecular flexibility index (Phi) is 3.24. The van der Waals surface area contributed by atoms with Gasteiger partial charge in [0.05, 0.1) is 5.69 Å². The molecule has 8 heteroatoms. The minimum atomic E-state index is 0.421. The van der Waals surface area contributed by atoms with Crippen LogP contribution in [0.15, 0.2) is 29.9 Å². The molecule has 1 saturated heterocycles. The van der Waals surface area contributed by atoms with Gasteiger partial charge in [-0.25, -0.2) is 9.50 Å². The molecule has 0 saturated carbocycles. The Morgan fingerprint density at radius 3 is 3.29 bits per heavy atom. The van der Waals surface area contributed by atoms with Gasteiger partial charge in [0.2, 0.25) is 0 Å². The van der Waals surface area contributed by atoms with Crippen molar-refractivity contribution in [2.75, 3.05) is 18.4 Å². The summed E-state index contributed by atoms with van der Waals surface area (Å²) < 4.78 is 5.69. The number of nitrogens with zero attached hydrogens (tertiary/aromatic N) is 6. The fourth-order valence-corrected chi connectivity index (χ4v) is 3.12. The average Bonchev–Trinajstić information content (AvgIpc) is 3.21. The van der Waals surface area contributed by atoms with Gasteiger partial charge in [0.15, 0.2) is 5.65 Å². The van der Waals surface area contributed by atoms with E-state index in [9.17, 15) is 0 Å². The monoisotopic (exact) mass is 301 g/mol. The first-order valence-corrected chi connectivity index (χ1v) is 7.76. The summed E-state index contributed by atoms with van der Waals surface area (Å²) in [6.07, 6.45) is 4.73. The molecule has 108 valence electrons. The highest BCUT2D eigenvalue weighted by Gasteiger charge is 2.23. The molecule has 3 aromatic heterocycles. The number of rotatable bonds is 4. The van der Waals surface area contributed by atoms with Crippen LogP contribution in [0.5, 0.6) is 0 Å². The number of nitrogens with one attached hydrogen (secondary N) is 1. The summed E-state index contributed by atoms with van der Waals surface area (Å²) in [7, 11) is 0. The van der Waals surface area contributed by atoms with Gasteiger partial charge >= 0.3 is 0 Å².